The summed E-state index contributed by atoms with van der Waals surface area (Å²) in [6, 6.07) is 0.304. The molecule has 0 radical (unpaired) electrons. The van der Waals surface area contributed by atoms with Crippen LogP contribution in [0.1, 0.15) is 39.0 Å². The maximum absolute atomic E-state index is 11.5. The monoisotopic (exact) mass is 196 g/mol. The molecule has 80 valence electrons. The van der Waals surface area contributed by atoms with Gasteiger partial charge in [0.1, 0.15) is 6.04 Å². The van der Waals surface area contributed by atoms with E-state index < -0.39 is 0 Å². The normalized spacial score (nSPS) is 38.3. The first-order valence-corrected chi connectivity index (χ1v) is 5.78. The second kappa shape index (κ2) is 3.89. The molecular formula is C11H20N2O. The van der Waals surface area contributed by atoms with Gasteiger partial charge in [-0.25, -0.2) is 0 Å². The fourth-order valence-corrected chi connectivity index (χ4v) is 2.73. The first-order chi connectivity index (χ1) is 6.72. The predicted octanol–water partition coefficient (Wildman–Crippen LogP) is 1.12. The van der Waals surface area contributed by atoms with E-state index >= 15 is 0 Å². The van der Waals surface area contributed by atoms with Gasteiger partial charge < -0.3 is 10.6 Å². The molecule has 3 nitrogen and oxygen atoms in total. The zero-order valence-electron chi connectivity index (χ0n) is 8.91. The van der Waals surface area contributed by atoms with Crippen molar-refractivity contribution < 1.29 is 4.79 Å². The summed E-state index contributed by atoms with van der Waals surface area (Å²) in [7, 11) is 0. The Kier molecular flexibility index (Phi) is 2.77. The van der Waals surface area contributed by atoms with E-state index in [9.17, 15) is 4.79 Å². The number of likely N-dealkylation sites (tertiary alicyclic amines) is 1. The highest BCUT2D eigenvalue weighted by molar-refractivity contribution is 5.87. The van der Waals surface area contributed by atoms with Crippen LogP contribution in [0.4, 0.5) is 0 Å². The third-order valence-corrected chi connectivity index (χ3v) is 3.77. The van der Waals surface area contributed by atoms with Gasteiger partial charge in [0.15, 0.2) is 0 Å². The minimum Gasteiger partial charge on any atom is -0.336 e. The Bertz CT molecular complexity index is 229. The summed E-state index contributed by atoms with van der Waals surface area (Å²) in [5.41, 5.74) is 5.60. The fourth-order valence-electron chi connectivity index (χ4n) is 2.73. The van der Waals surface area contributed by atoms with Crippen LogP contribution in [-0.4, -0.2) is 29.4 Å². The standard InChI is InChI=1S/C11H20N2O/c1-2-8-4-3-5-9(6-8)13-7-10(12)11(13)14/h8-10H,2-7,12H2,1H3. The molecule has 2 rings (SSSR count). The minimum absolute atomic E-state index is 0.173. The molecule has 0 bridgehead atoms. The van der Waals surface area contributed by atoms with Gasteiger partial charge in [-0.15, -0.1) is 0 Å². The lowest BCUT2D eigenvalue weighted by atomic mass is 9.82. The second-order valence-electron chi connectivity index (χ2n) is 4.69. The van der Waals surface area contributed by atoms with Crippen molar-refractivity contribution in [1.82, 2.24) is 4.90 Å². The number of rotatable bonds is 2. The molecule has 3 atom stereocenters. The maximum Gasteiger partial charge on any atom is 0.241 e. The van der Waals surface area contributed by atoms with Gasteiger partial charge >= 0.3 is 0 Å². The van der Waals surface area contributed by atoms with Gasteiger partial charge in [-0.1, -0.05) is 26.2 Å². The molecule has 0 aromatic heterocycles. The lowest BCUT2D eigenvalue weighted by Gasteiger charge is -2.45. The average Bonchev–Trinajstić information content (AvgIpc) is 2.25. The molecule has 1 aliphatic heterocycles. The van der Waals surface area contributed by atoms with Crippen LogP contribution in [0.5, 0.6) is 0 Å². The Hall–Kier alpha value is -0.570. The van der Waals surface area contributed by atoms with Crippen LogP contribution in [-0.2, 0) is 4.79 Å². The average molecular weight is 196 g/mol. The third-order valence-electron chi connectivity index (χ3n) is 3.77. The van der Waals surface area contributed by atoms with E-state index in [1.165, 1.54) is 32.1 Å². The molecule has 1 aliphatic carbocycles. The second-order valence-corrected chi connectivity index (χ2v) is 4.69. The van der Waals surface area contributed by atoms with Crippen LogP contribution in [0.3, 0.4) is 0 Å². The van der Waals surface area contributed by atoms with Crippen LogP contribution in [0.25, 0.3) is 0 Å². The van der Waals surface area contributed by atoms with Crippen molar-refractivity contribution in [3.05, 3.63) is 0 Å². The van der Waals surface area contributed by atoms with E-state index in [-0.39, 0.29) is 11.9 Å². The summed E-state index contributed by atoms with van der Waals surface area (Å²) in [6.45, 7) is 3.04. The molecule has 14 heavy (non-hydrogen) atoms. The maximum atomic E-state index is 11.5. The van der Waals surface area contributed by atoms with Gasteiger partial charge in [0, 0.05) is 12.6 Å². The molecular weight excluding hydrogens is 176 g/mol. The number of hydrogen-bond acceptors (Lipinski definition) is 2. The summed E-state index contributed by atoms with van der Waals surface area (Å²) >= 11 is 0. The van der Waals surface area contributed by atoms with Crippen molar-refractivity contribution in [2.75, 3.05) is 6.54 Å². The topological polar surface area (TPSA) is 46.3 Å². The van der Waals surface area contributed by atoms with E-state index in [4.69, 9.17) is 5.73 Å². The van der Waals surface area contributed by atoms with Gasteiger partial charge in [0.05, 0.1) is 0 Å². The quantitative estimate of drug-likeness (QED) is 0.673. The number of carbonyl (C=O) groups is 1. The van der Waals surface area contributed by atoms with Crippen LogP contribution in [0, 0.1) is 5.92 Å². The molecule has 2 aliphatic rings. The van der Waals surface area contributed by atoms with E-state index in [2.05, 4.69) is 6.92 Å². The van der Waals surface area contributed by atoms with Crippen molar-refractivity contribution in [2.45, 2.75) is 51.1 Å². The highest BCUT2D eigenvalue weighted by Crippen LogP contribution is 2.31. The molecule has 1 amide bonds. The smallest absolute Gasteiger partial charge is 0.241 e. The molecule has 2 fully saturated rings. The van der Waals surface area contributed by atoms with Crippen molar-refractivity contribution in [1.29, 1.82) is 0 Å². The number of nitrogens with zero attached hydrogens (tertiary/aromatic N) is 1. The lowest BCUT2D eigenvalue weighted by Crippen LogP contribution is -2.64. The molecule has 3 unspecified atom stereocenters. The lowest BCUT2D eigenvalue weighted by molar-refractivity contribution is -0.147. The Morgan fingerprint density at radius 1 is 1.50 bits per heavy atom. The number of amides is 1. The van der Waals surface area contributed by atoms with Crippen molar-refractivity contribution in [2.24, 2.45) is 11.7 Å². The van der Waals surface area contributed by atoms with E-state index in [1.54, 1.807) is 0 Å². The highest BCUT2D eigenvalue weighted by atomic mass is 16.2. The van der Waals surface area contributed by atoms with E-state index in [1.807, 2.05) is 4.90 Å². The number of hydrogen-bond donors (Lipinski definition) is 1. The molecule has 2 N–H and O–H groups in total. The molecule has 0 aromatic rings. The Morgan fingerprint density at radius 3 is 2.86 bits per heavy atom. The van der Waals surface area contributed by atoms with Crippen molar-refractivity contribution in [3.8, 4) is 0 Å². The van der Waals surface area contributed by atoms with Gasteiger partial charge in [-0.3, -0.25) is 4.79 Å². The summed E-state index contributed by atoms with van der Waals surface area (Å²) < 4.78 is 0. The van der Waals surface area contributed by atoms with Crippen LogP contribution in [0.15, 0.2) is 0 Å². The Labute approximate surface area is 85.6 Å². The first-order valence-electron chi connectivity index (χ1n) is 5.78. The summed E-state index contributed by atoms with van der Waals surface area (Å²) in [6.07, 6.45) is 6.28. The van der Waals surface area contributed by atoms with Crippen molar-refractivity contribution in [3.63, 3.8) is 0 Å². The molecule has 0 aromatic carbocycles. The Morgan fingerprint density at radius 2 is 2.29 bits per heavy atom. The zero-order valence-corrected chi connectivity index (χ0v) is 8.91. The Balaban J connectivity index is 1.89. The largest absolute Gasteiger partial charge is 0.336 e. The van der Waals surface area contributed by atoms with Crippen LogP contribution >= 0.6 is 0 Å². The minimum atomic E-state index is -0.197. The van der Waals surface area contributed by atoms with Crippen LogP contribution in [0.2, 0.25) is 0 Å². The predicted molar refractivity (Wildman–Crippen MR) is 55.7 cm³/mol. The third kappa shape index (κ3) is 1.65. The fraction of sp³-hybridized carbons (Fsp3) is 0.909. The summed E-state index contributed by atoms with van der Waals surface area (Å²) in [4.78, 5) is 13.4. The first kappa shape index (κ1) is 9.97. The molecule has 1 saturated heterocycles. The van der Waals surface area contributed by atoms with Gasteiger partial charge in [-0.2, -0.15) is 0 Å². The molecule has 0 spiro atoms. The summed E-state index contributed by atoms with van der Waals surface area (Å²) in [5, 5.41) is 0. The molecule has 3 heteroatoms. The molecule has 1 saturated carbocycles. The number of carbonyl (C=O) groups excluding carboxylic acids is 1. The number of nitrogens with two attached hydrogens (primary N) is 1. The van der Waals surface area contributed by atoms with Gasteiger partial charge in [-0.05, 0) is 18.8 Å². The SMILES string of the molecule is CCC1CCCC(N2CC(N)C2=O)C1. The van der Waals surface area contributed by atoms with Gasteiger partial charge in [0.25, 0.3) is 0 Å². The van der Waals surface area contributed by atoms with E-state index in [0.29, 0.717) is 6.04 Å². The molecule has 1 heterocycles. The van der Waals surface area contributed by atoms with E-state index in [0.717, 1.165) is 12.5 Å². The highest BCUT2D eigenvalue weighted by Gasteiger charge is 2.39. The zero-order chi connectivity index (χ0) is 10.1. The van der Waals surface area contributed by atoms with Crippen LogP contribution < -0.4 is 5.73 Å². The number of β-lactam (4-membered cyclic amide) rings is 1. The van der Waals surface area contributed by atoms with Gasteiger partial charge in [0.2, 0.25) is 5.91 Å². The summed E-state index contributed by atoms with van der Waals surface area (Å²) in [5.74, 6) is 1.00. The van der Waals surface area contributed by atoms with Crippen molar-refractivity contribution >= 4 is 5.91 Å².